The number of hydrogen-bond donors (Lipinski definition) is 1. The van der Waals surface area contributed by atoms with Crippen LogP contribution in [-0.2, 0) is 4.79 Å². The van der Waals surface area contributed by atoms with E-state index in [1.54, 1.807) is 11.3 Å². The predicted octanol–water partition coefficient (Wildman–Crippen LogP) is 6.92. The number of nitrogens with zero attached hydrogens (tertiary/aromatic N) is 1. The first-order valence-corrected chi connectivity index (χ1v) is 10.7. The highest BCUT2D eigenvalue weighted by Crippen LogP contribution is 2.31. The van der Waals surface area contributed by atoms with Crippen LogP contribution in [0, 0.1) is 0 Å². The molecule has 1 amide bonds. The molecule has 0 saturated carbocycles. The van der Waals surface area contributed by atoms with Gasteiger partial charge in [0.15, 0.2) is 5.13 Å². The fourth-order valence-electron chi connectivity index (χ4n) is 3.32. The molecule has 0 aliphatic heterocycles. The van der Waals surface area contributed by atoms with Crippen molar-refractivity contribution in [1.29, 1.82) is 0 Å². The Labute approximate surface area is 159 Å². The number of carbonyl (C=O) groups excluding carboxylic acids is 1. The van der Waals surface area contributed by atoms with Crippen molar-refractivity contribution < 1.29 is 4.79 Å². The SMILES string of the molecule is CCCCCCCCCCC(=O)Nc1nc2c(ccc3ccccc32)s1. The zero-order valence-electron chi connectivity index (χ0n) is 15.6. The Hall–Kier alpha value is -1.94. The zero-order chi connectivity index (χ0) is 18.2. The molecule has 0 unspecified atom stereocenters. The molecule has 0 bridgehead atoms. The highest BCUT2D eigenvalue weighted by Gasteiger charge is 2.10. The Balaban J connectivity index is 1.46. The Bertz CT molecular complexity index is 856. The summed E-state index contributed by atoms with van der Waals surface area (Å²) in [5.74, 6) is 0.0827. The minimum Gasteiger partial charge on any atom is -0.302 e. The van der Waals surface area contributed by atoms with E-state index in [1.807, 2.05) is 12.1 Å². The molecule has 2 aromatic carbocycles. The summed E-state index contributed by atoms with van der Waals surface area (Å²) in [4.78, 5) is 16.8. The average molecular weight is 369 g/mol. The van der Waals surface area contributed by atoms with Crippen LogP contribution in [0.1, 0.15) is 64.7 Å². The van der Waals surface area contributed by atoms with E-state index in [9.17, 15) is 4.79 Å². The van der Waals surface area contributed by atoms with Crippen molar-refractivity contribution in [2.24, 2.45) is 0 Å². The second-order valence-electron chi connectivity index (χ2n) is 6.93. The van der Waals surface area contributed by atoms with Crippen LogP contribution in [0.2, 0.25) is 0 Å². The lowest BCUT2D eigenvalue weighted by Gasteiger charge is -2.02. The monoisotopic (exact) mass is 368 g/mol. The van der Waals surface area contributed by atoms with Crippen molar-refractivity contribution in [3.63, 3.8) is 0 Å². The van der Waals surface area contributed by atoms with E-state index in [0.717, 1.165) is 28.4 Å². The van der Waals surface area contributed by atoms with Gasteiger partial charge < -0.3 is 5.32 Å². The van der Waals surface area contributed by atoms with Crippen molar-refractivity contribution in [1.82, 2.24) is 4.98 Å². The number of rotatable bonds is 10. The first-order chi connectivity index (χ1) is 12.8. The third-order valence-electron chi connectivity index (χ3n) is 4.79. The summed E-state index contributed by atoms with van der Waals surface area (Å²) in [6, 6.07) is 12.4. The van der Waals surface area contributed by atoms with Gasteiger partial charge in [0.25, 0.3) is 0 Å². The molecule has 0 atom stereocenters. The lowest BCUT2D eigenvalue weighted by Crippen LogP contribution is -2.10. The van der Waals surface area contributed by atoms with Gasteiger partial charge in [-0.1, -0.05) is 93.5 Å². The predicted molar refractivity (Wildman–Crippen MR) is 113 cm³/mol. The molecule has 0 fully saturated rings. The molecular formula is C22H28N2OS. The summed E-state index contributed by atoms with van der Waals surface area (Å²) < 4.78 is 1.12. The Morgan fingerprint density at radius 1 is 0.962 bits per heavy atom. The van der Waals surface area contributed by atoms with Crippen LogP contribution >= 0.6 is 11.3 Å². The van der Waals surface area contributed by atoms with Gasteiger partial charge in [-0.3, -0.25) is 4.79 Å². The Morgan fingerprint density at radius 2 is 1.69 bits per heavy atom. The van der Waals surface area contributed by atoms with Crippen LogP contribution < -0.4 is 5.32 Å². The van der Waals surface area contributed by atoms with E-state index >= 15 is 0 Å². The lowest BCUT2D eigenvalue weighted by atomic mass is 10.1. The molecule has 0 aliphatic carbocycles. The van der Waals surface area contributed by atoms with Crippen LogP contribution in [-0.4, -0.2) is 10.9 Å². The van der Waals surface area contributed by atoms with E-state index in [2.05, 4.69) is 41.5 Å². The summed E-state index contributed by atoms with van der Waals surface area (Å²) in [7, 11) is 0. The molecule has 3 rings (SSSR count). The fraction of sp³-hybridized carbons (Fsp3) is 0.455. The number of hydrogen-bond acceptors (Lipinski definition) is 3. The van der Waals surface area contributed by atoms with Gasteiger partial charge in [0.2, 0.25) is 5.91 Å². The molecule has 3 aromatic rings. The van der Waals surface area contributed by atoms with E-state index in [0.29, 0.717) is 11.6 Å². The second-order valence-corrected chi connectivity index (χ2v) is 7.96. The van der Waals surface area contributed by atoms with Crippen molar-refractivity contribution >= 4 is 43.4 Å². The first-order valence-electron chi connectivity index (χ1n) is 9.86. The second kappa shape index (κ2) is 9.67. The van der Waals surface area contributed by atoms with Crippen LogP contribution in [0.15, 0.2) is 36.4 Å². The number of fused-ring (bicyclic) bond motifs is 3. The number of aromatic nitrogens is 1. The number of nitrogens with one attached hydrogen (secondary N) is 1. The molecule has 1 aromatic heterocycles. The van der Waals surface area contributed by atoms with Crippen molar-refractivity contribution in [2.75, 3.05) is 5.32 Å². The standard InChI is InChI=1S/C22H28N2OS/c1-2-3-4-5-6-7-8-9-14-20(25)23-22-24-21-18-13-11-10-12-17(18)15-16-19(21)26-22/h10-13,15-16H,2-9,14H2,1H3,(H,23,24,25). The summed E-state index contributed by atoms with van der Waals surface area (Å²) in [6.07, 6.45) is 10.6. The highest BCUT2D eigenvalue weighted by atomic mass is 32.1. The number of unbranched alkanes of at least 4 members (excludes halogenated alkanes) is 7. The highest BCUT2D eigenvalue weighted by molar-refractivity contribution is 7.22. The van der Waals surface area contributed by atoms with Gasteiger partial charge in [-0.2, -0.15) is 0 Å². The third kappa shape index (κ3) is 5.04. The van der Waals surface area contributed by atoms with Gasteiger partial charge in [-0.05, 0) is 17.9 Å². The zero-order valence-corrected chi connectivity index (χ0v) is 16.4. The normalized spacial score (nSPS) is 11.3. The number of thiazole rings is 1. The van der Waals surface area contributed by atoms with Gasteiger partial charge in [0.05, 0.1) is 10.2 Å². The van der Waals surface area contributed by atoms with E-state index in [-0.39, 0.29) is 5.91 Å². The number of anilines is 1. The smallest absolute Gasteiger partial charge is 0.226 e. The molecule has 0 aliphatic rings. The van der Waals surface area contributed by atoms with Gasteiger partial charge in [0.1, 0.15) is 0 Å². The topological polar surface area (TPSA) is 42.0 Å². The van der Waals surface area contributed by atoms with E-state index < -0.39 is 0 Å². The van der Waals surface area contributed by atoms with Crippen molar-refractivity contribution in [3.05, 3.63) is 36.4 Å². The minimum atomic E-state index is 0.0827. The molecule has 26 heavy (non-hydrogen) atoms. The van der Waals surface area contributed by atoms with E-state index in [4.69, 9.17) is 0 Å². The Kier molecular flexibility index (Phi) is 7.01. The van der Waals surface area contributed by atoms with Crippen molar-refractivity contribution in [2.45, 2.75) is 64.7 Å². The largest absolute Gasteiger partial charge is 0.302 e. The third-order valence-corrected chi connectivity index (χ3v) is 5.72. The molecule has 138 valence electrons. The quantitative estimate of drug-likeness (QED) is 0.395. The average Bonchev–Trinajstić information content (AvgIpc) is 3.07. The molecule has 1 N–H and O–H groups in total. The van der Waals surface area contributed by atoms with Crippen LogP contribution in [0.5, 0.6) is 0 Å². The summed E-state index contributed by atoms with van der Waals surface area (Å²) >= 11 is 1.55. The molecule has 0 radical (unpaired) electrons. The Morgan fingerprint density at radius 3 is 2.50 bits per heavy atom. The molecule has 3 nitrogen and oxygen atoms in total. The molecule has 0 spiro atoms. The lowest BCUT2D eigenvalue weighted by molar-refractivity contribution is -0.116. The molecule has 1 heterocycles. The fourth-order valence-corrected chi connectivity index (χ4v) is 4.21. The van der Waals surface area contributed by atoms with Crippen LogP contribution in [0.4, 0.5) is 5.13 Å². The summed E-state index contributed by atoms with van der Waals surface area (Å²) in [6.45, 7) is 2.24. The summed E-state index contributed by atoms with van der Waals surface area (Å²) in [5.41, 5.74) is 0.982. The number of carbonyl (C=O) groups is 1. The molecule has 4 heteroatoms. The van der Waals surface area contributed by atoms with Gasteiger partial charge in [-0.25, -0.2) is 4.98 Å². The van der Waals surface area contributed by atoms with Gasteiger partial charge >= 0.3 is 0 Å². The summed E-state index contributed by atoms with van der Waals surface area (Å²) in [5, 5.41) is 6.02. The maximum atomic E-state index is 12.2. The maximum Gasteiger partial charge on any atom is 0.226 e. The molecule has 0 saturated heterocycles. The van der Waals surface area contributed by atoms with Crippen molar-refractivity contribution in [3.8, 4) is 0 Å². The first kappa shape index (κ1) is 18.8. The minimum absolute atomic E-state index is 0.0827. The number of amides is 1. The van der Waals surface area contributed by atoms with Gasteiger partial charge in [0, 0.05) is 11.8 Å². The van der Waals surface area contributed by atoms with Gasteiger partial charge in [-0.15, -0.1) is 0 Å². The molecular weight excluding hydrogens is 340 g/mol. The number of benzene rings is 2. The van der Waals surface area contributed by atoms with Crippen LogP contribution in [0.25, 0.3) is 21.0 Å². The van der Waals surface area contributed by atoms with Crippen LogP contribution in [0.3, 0.4) is 0 Å². The van der Waals surface area contributed by atoms with E-state index in [1.165, 1.54) is 43.9 Å². The maximum absolute atomic E-state index is 12.2.